The maximum atomic E-state index is 4.36. The van der Waals surface area contributed by atoms with Gasteiger partial charge in [-0.2, -0.15) is 0 Å². The number of aliphatic imine (C=N–C) groups is 1. The number of nitrogens with one attached hydrogen (secondary N) is 2. The predicted molar refractivity (Wildman–Crippen MR) is 122 cm³/mol. The second-order valence-corrected chi connectivity index (χ2v) is 7.24. The molecular weight excluding hydrogens is 457 g/mol. The van der Waals surface area contributed by atoms with Crippen LogP contribution in [0.1, 0.15) is 34.9 Å². The third kappa shape index (κ3) is 7.59. The molecule has 26 heavy (non-hydrogen) atoms. The first-order valence-electron chi connectivity index (χ1n) is 8.80. The van der Waals surface area contributed by atoms with Gasteiger partial charge in [-0.15, -0.1) is 35.3 Å². The lowest BCUT2D eigenvalue weighted by atomic mass is 10.1. The molecule has 2 aromatic rings. The van der Waals surface area contributed by atoms with Gasteiger partial charge in [0.1, 0.15) is 5.01 Å². The Morgan fingerprint density at radius 3 is 2.46 bits per heavy atom. The van der Waals surface area contributed by atoms with Crippen molar-refractivity contribution in [1.29, 1.82) is 0 Å². The van der Waals surface area contributed by atoms with Gasteiger partial charge in [0.25, 0.3) is 0 Å². The van der Waals surface area contributed by atoms with Crippen molar-refractivity contribution in [3.8, 4) is 0 Å². The summed E-state index contributed by atoms with van der Waals surface area (Å²) in [5.74, 6) is 0.794. The van der Waals surface area contributed by atoms with E-state index in [0.29, 0.717) is 6.54 Å². The van der Waals surface area contributed by atoms with Crippen molar-refractivity contribution in [3.63, 3.8) is 0 Å². The molecule has 0 radical (unpaired) electrons. The van der Waals surface area contributed by atoms with E-state index in [1.807, 2.05) is 6.20 Å². The van der Waals surface area contributed by atoms with E-state index in [9.17, 15) is 0 Å². The molecule has 0 aliphatic carbocycles. The second-order valence-electron chi connectivity index (χ2n) is 5.93. The molecule has 2 N–H and O–H groups in total. The number of guanidine groups is 1. The molecular formula is C19H30IN5S. The van der Waals surface area contributed by atoms with Crippen molar-refractivity contribution >= 4 is 41.3 Å². The molecule has 1 aromatic heterocycles. The van der Waals surface area contributed by atoms with Crippen LogP contribution in [0, 0.1) is 6.92 Å². The number of halogens is 1. The summed E-state index contributed by atoms with van der Waals surface area (Å²) in [4.78, 5) is 12.3. The largest absolute Gasteiger partial charge is 0.352 e. The number of hydrogen-bond acceptors (Lipinski definition) is 4. The topological polar surface area (TPSA) is 52.5 Å². The summed E-state index contributed by atoms with van der Waals surface area (Å²) in [6, 6.07) is 8.74. The highest BCUT2D eigenvalue weighted by Crippen LogP contribution is 2.10. The van der Waals surface area contributed by atoms with Crippen LogP contribution in [0.3, 0.4) is 0 Å². The maximum Gasteiger partial charge on any atom is 0.191 e. The Labute approximate surface area is 178 Å². The van der Waals surface area contributed by atoms with Gasteiger partial charge in [0.2, 0.25) is 0 Å². The number of aryl methyl sites for hydroxylation is 1. The average Bonchev–Trinajstić information content (AvgIpc) is 3.05. The zero-order valence-corrected chi connectivity index (χ0v) is 19.2. The molecule has 0 amide bonds. The Hall–Kier alpha value is -1.19. The van der Waals surface area contributed by atoms with E-state index in [1.165, 1.54) is 16.0 Å². The molecule has 1 heterocycles. The first-order chi connectivity index (χ1) is 12.1. The summed E-state index contributed by atoms with van der Waals surface area (Å²) < 4.78 is 0. The Morgan fingerprint density at radius 2 is 1.85 bits per heavy atom. The van der Waals surface area contributed by atoms with Crippen molar-refractivity contribution in [1.82, 2.24) is 20.5 Å². The Kier molecular flexibility index (Phi) is 10.8. The highest BCUT2D eigenvalue weighted by molar-refractivity contribution is 14.0. The molecule has 0 fully saturated rings. The summed E-state index contributed by atoms with van der Waals surface area (Å²) in [6.07, 6.45) is 1.90. The van der Waals surface area contributed by atoms with E-state index < -0.39 is 0 Å². The van der Waals surface area contributed by atoms with Crippen molar-refractivity contribution in [2.24, 2.45) is 4.99 Å². The number of aromatic nitrogens is 1. The van der Waals surface area contributed by atoms with E-state index in [4.69, 9.17) is 0 Å². The van der Waals surface area contributed by atoms with E-state index in [0.717, 1.165) is 37.1 Å². The number of thiazole rings is 1. The third-order valence-corrected chi connectivity index (χ3v) is 4.96. The second kappa shape index (κ2) is 12.2. The molecule has 144 valence electrons. The van der Waals surface area contributed by atoms with Crippen LogP contribution in [0.5, 0.6) is 0 Å². The predicted octanol–water partition coefficient (Wildman–Crippen LogP) is 3.78. The van der Waals surface area contributed by atoms with Gasteiger partial charge >= 0.3 is 0 Å². The number of hydrogen-bond donors (Lipinski definition) is 2. The van der Waals surface area contributed by atoms with Crippen LogP contribution in [0.15, 0.2) is 35.5 Å². The molecule has 0 saturated heterocycles. The van der Waals surface area contributed by atoms with Gasteiger partial charge in [0.05, 0.1) is 6.54 Å². The van der Waals surface area contributed by atoms with Crippen molar-refractivity contribution in [3.05, 3.63) is 51.5 Å². The smallest absolute Gasteiger partial charge is 0.191 e. The highest BCUT2D eigenvalue weighted by Gasteiger charge is 2.04. The van der Waals surface area contributed by atoms with Crippen LogP contribution in [0.25, 0.3) is 0 Å². The Bertz CT molecular complexity index is 682. The molecule has 1 aromatic carbocycles. The third-order valence-electron chi connectivity index (χ3n) is 4.05. The monoisotopic (exact) mass is 487 g/mol. The minimum atomic E-state index is 0. The van der Waals surface area contributed by atoms with Gasteiger partial charge < -0.3 is 10.6 Å². The van der Waals surface area contributed by atoms with Gasteiger partial charge in [-0.05, 0) is 31.1 Å². The minimum Gasteiger partial charge on any atom is -0.352 e. The lowest BCUT2D eigenvalue weighted by Gasteiger charge is -2.18. The molecule has 7 heteroatoms. The quantitative estimate of drug-likeness (QED) is 0.338. The average molecular weight is 487 g/mol. The van der Waals surface area contributed by atoms with Crippen LogP contribution >= 0.6 is 35.3 Å². The number of nitrogens with zero attached hydrogens (tertiary/aromatic N) is 3. The summed E-state index contributed by atoms with van der Waals surface area (Å²) in [7, 11) is 1.79. The van der Waals surface area contributed by atoms with Crippen LogP contribution in [-0.2, 0) is 19.6 Å². The zero-order chi connectivity index (χ0) is 18.1. The zero-order valence-electron chi connectivity index (χ0n) is 16.1. The molecule has 2 rings (SSSR count). The van der Waals surface area contributed by atoms with Crippen LogP contribution in [-0.4, -0.2) is 36.0 Å². The molecule has 0 bridgehead atoms. The van der Waals surface area contributed by atoms with E-state index in [2.05, 4.69) is 70.5 Å². The Morgan fingerprint density at radius 1 is 1.15 bits per heavy atom. The molecule has 0 aliphatic heterocycles. The molecule has 0 aliphatic rings. The molecule has 0 atom stereocenters. The van der Waals surface area contributed by atoms with Gasteiger partial charge in [0, 0.05) is 31.2 Å². The first kappa shape index (κ1) is 22.9. The van der Waals surface area contributed by atoms with Gasteiger partial charge in [-0.25, -0.2) is 4.98 Å². The van der Waals surface area contributed by atoms with Crippen molar-refractivity contribution in [2.45, 2.75) is 40.4 Å². The molecule has 5 nitrogen and oxygen atoms in total. The van der Waals surface area contributed by atoms with E-state index in [-0.39, 0.29) is 24.0 Å². The van der Waals surface area contributed by atoms with Crippen LogP contribution < -0.4 is 10.6 Å². The van der Waals surface area contributed by atoms with E-state index in [1.54, 1.807) is 18.4 Å². The lowest BCUT2D eigenvalue weighted by Crippen LogP contribution is -2.36. The molecule has 0 unspecified atom stereocenters. The SMILES string of the molecule is CCN(CC)Cc1cccc(CNC(=NC)NCc2ncc(C)s2)c1.I. The summed E-state index contributed by atoms with van der Waals surface area (Å²) in [6.45, 7) is 11.1. The molecule has 0 spiro atoms. The van der Waals surface area contributed by atoms with Crippen LogP contribution in [0.4, 0.5) is 0 Å². The normalized spacial score (nSPS) is 11.3. The minimum absolute atomic E-state index is 0. The van der Waals surface area contributed by atoms with E-state index >= 15 is 0 Å². The highest BCUT2D eigenvalue weighted by atomic mass is 127. The molecule has 0 saturated carbocycles. The summed E-state index contributed by atoms with van der Waals surface area (Å²) >= 11 is 1.71. The van der Waals surface area contributed by atoms with Gasteiger partial charge in [0.15, 0.2) is 5.96 Å². The fourth-order valence-electron chi connectivity index (χ4n) is 2.59. The van der Waals surface area contributed by atoms with Gasteiger partial charge in [-0.3, -0.25) is 9.89 Å². The Balaban J connectivity index is 0.00000338. The maximum absolute atomic E-state index is 4.36. The fourth-order valence-corrected chi connectivity index (χ4v) is 3.32. The number of benzene rings is 1. The lowest BCUT2D eigenvalue weighted by molar-refractivity contribution is 0.296. The number of rotatable bonds is 8. The van der Waals surface area contributed by atoms with Crippen molar-refractivity contribution < 1.29 is 0 Å². The fraction of sp³-hybridized carbons (Fsp3) is 0.474. The first-order valence-corrected chi connectivity index (χ1v) is 9.62. The summed E-state index contributed by atoms with van der Waals surface area (Å²) in [5, 5.41) is 7.76. The van der Waals surface area contributed by atoms with Crippen LogP contribution in [0.2, 0.25) is 0 Å². The summed E-state index contributed by atoms with van der Waals surface area (Å²) in [5.41, 5.74) is 2.61. The van der Waals surface area contributed by atoms with Crippen molar-refractivity contribution in [2.75, 3.05) is 20.1 Å². The van der Waals surface area contributed by atoms with Gasteiger partial charge in [-0.1, -0.05) is 38.1 Å². The standard InChI is InChI=1S/C19H29N5S.HI/c1-5-24(6-2)14-17-9-7-8-16(10-17)12-22-19(20-4)23-13-18-21-11-15(3)25-18;/h7-11H,5-6,12-14H2,1-4H3,(H2,20,22,23);1H.